The van der Waals surface area contributed by atoms with Gasteiger partial charge in [0.1, 0.15) is 0 Å². The fourth-order valence-corrected chi connectivity index (χ4v) is 5.39. The van der Waals surface area contributed by atoms with Crippen molar-refractivity contribution in [1.82, 2.24) is 20.0 Å². The van der Waals surface area contributed by atoms with E-state index in [9.17, 15) is 9.59 Å². The zero-order chi connectivity index (χ0) is 19.5. The fourth-order valence-electron chi connectivity index (χ4n) is 5.39. The number of ether oxygens (including phenoxy) is 2. The van der Waals surface area contributed by atoms with Crippen LogP contribution in [0, 0.1) is 17.8 Å². The predicted molar refractivity (Wildman–Crippen MR) is 104 cm³/mol. The van der Waals surface area contributed by atoms with Gasteiger partial charge in [0.2, 0.25) is 5.91 Å². The summed E-state index contributed by atoms with van der Waals surface area (Å²) >= 11 is 0. The Kier molecular flexibility index (Phi) is 6.38. The van der Waals surface area contributed by atoms with Crippen molar-refractivity contribution in [3.8, 4) is 0 Å². The number of rotatable bonds is 5. The minimum atomic E-state index is 0.00690. The van der Waals surface area contributed by atoms with E-state index >= 15 is 0 Å². The van der Waals surface area contributed by atoms with Crippen molar-refractivity contribution in [3.05, 3.63) is 0 Å². The van der Waals surface area contributed by atoms with Crippen molar-refractivity contribution in [2.45, 2.75) is 25.8 Å². The number of morpholine rings is 2. The van der Waals surface area contributed by atoms with Crippen molar-refractivity contribution in [3.63, 3.8) is 0 Å². The van der Waals surface area contributed by atoms with Crippen LogP contribution in [0.4, 0.5) is 4.79 Å². The molecule has 0 aromatic carbocycles. The maximum absolute atomic E-state index is 12.7. The average Bonchev–Trinajstić information content (AvgIpc) is 3.19. The summed E-state index contributed by atoms with van der Waals surface area (Å²) in [7, 11) is 0. The van der Waals surface area contributed by atoms with Crippen molar-refractivity contribution in [1.29, 1.82) is 0 Å². The minimum absolute atomic E-state index is 0.00690. The van der Waals surface area contributed by atoms with Gasteiger partial charge < -0.3 is 24.6 Å². The lowest BCUT2D eigenvalue weighted by Gasteiger charge is -2.31. The Hall–Kier alpha value is -1.38. The second-order valence-corrected chi connectivity index (χ2v) is 8.64. The van der Waals surface area contributed by atoms with Crippen LogP contribution in [-0.4, -0.2) is 105 Å². The molecule has 1 aliphatic carbocycles. The molecule has 1 saturated carbocycles. The van der Waals surface area contributed by atoms with Crippen molar-refractivity contribution in [2.24, 2.45) is 17.8 Å². The van der Waals surface area contributed by atoms with Gasteiger partial charge in [-0.2, -0.15) is 0 Å². The summed E-state index contributed by atoms with van der Waals surface area (Å²) in [5, 5.41) is 3.13. The molecule has 4 rings (SSSR count). The number of urea groups is 1. The van der Waals surface area contributed by atoms with Gasteiger partial charge in [-0.05, 0) is 24.2 Å². The maximum Gasteiger partial charge on any atom is 0.317 e. The molecule has 0 radical (unpaired) electrons. The van der Waals surface area contributed by atoms with Crippen LogP contribution in [0.15, 0.2) is 0 Å². The maximum atomic E-state index is 12.7. The smallest absolute Gasteiger partial charge is 0.317 e. The van der Waals surface area contributed by atoms with Gasteiger partial charge in [-0.15, -0.1) is 0 Å². The molecule has 1 N–H and O–H groups in total. The average molecular weight is 395 g/mol. The van der Waals surface area contributed by atoms with Crippen LogP contribution in [0.3, 0.4) is 0 Å². The molecule has 3 heterocycles. The van der Waals surface area contributed by atoms with E-state index in [2.05, 4.69) is 22.0 Å². The number of hydrogen-bond acceptors (Lipinski definition) is 5. The molecule has 8 heteroatoms. The van der Waals surface area contributed by atoms with E-state index in [1.54, 1.807) is 0 Å². The Morgan fingerprint density at radius 1 is 1.07 bits per heavy atom. The number of carbonyl (C=O) groups excluding carboxylic acids is 2. The molecule has 3 aliphatic heterocycles. The number of likely N-dealkylation sites (tertiary alicyclic amines) is 1. The first-order valence-corrected chi connectivity index (χ1v) is 10.8. The van der Waals surface area contributed by atoms with Gasteiger partial charge in [0, 0.05) is 58.3 Å². The third kappa shape index (κ3) is 4.28. The zero-order valence-corrected chi connectivity index (χ0v) is 17.0. The van der Waals surface area contributed by atoms with Gasteiger partial charge in [0.05, 0.1) is 26.4 Å². The molecule has 3 amide bonds. The molecule has 0 unspecified atom stereocenters. The normalized spacial score (nSPS) is 34.0. The SMILES string of the molecule is C[C@H]1C[C@@H]2[C@@H](CC(=O)N2CCN2CCOCC2)[C@@H]1CNC(=O)N1CCOCC1. The van der Waals surface area contributed by atoms with Gasteiger partial charge >= 0.3 is 6.03 Å². The molecular weight excluding hydrogens is 360 g/mol. The van der Waals surface area contributed by atoms with E-state index in [-0.39, 0.29) is 6.03 Å². The van der Waals surface area contributed by atoms with Crippen molar-refractivity contribution < 1.29 is 19.1 Å². The van der Waals surface area contributed by atoms with E-state index in [0.29, 0.717) is 69.0 Å². The number of nitrogens with one attached hydrogen (secondary N) is 1. The Bertz CT molecular complexity index is 562. The first-order chi connectivity index (χ1) is 13.6. The molecule has 3 saturated heterocycles. The zero-order valence-electron chi connectivity index (χ0n) is 17.0. The summed E-state index contributed by atoms with van der Waals surface area (Å²) in [4.78, 5) is 31.4. The molecule has 4 fully saturated rings. The summed E-state index contributed by atoms with van der Waals surface area (Å²) in [6.45, 7) is 10.8. The standard InChI is InChI=1S/C20H34N4O4/c1-15-12-18-16(17(15)14-21-20(26)23-6-10-28-11-7-23)13-19(25)24(18)3-2-22-4-8-27-9-5-22/h15-18H,2-14H2,1H3,(H,21,26)/t15-,16-,17+,18+/m0/s1. The third-order valence-corrected chi connectivity index (χ3v) is 7.07. The number of amides is 3. The van der Waals surface area contributed by atoms with Crippen LogP contribution in [0.5, 0.6) is 0 Å². The van der Waals surface area contributed by atoms with Gasteiger partial charge in [0.15, 0.2) is 0 Å². The molecular formula is C20H34N4O4. The van der Waals surface area contributed by atoms with Gasteiger partial charge in [0.25, 0.3) is 0 Å². The first-order valence-electron chi connectivity index (χ1n) is 10.8. The van der Waals surface area contributed by atoms with Crippen molar-refractivity contribution in [2.75, 3.05) is 72.2 Å². The number of nitrogens with zero attached hydrogens (tertiary/aromatic N) is 3. The van der Waals surface area contributed by atoms with E-state index in [0.717, 1.165) is 45.8 Å². The molecule has 8 nitrogen and oxygen atoms in total. The molecule has 0 bridgehead atoms. The quantitative estimate of drug-likeness (QED) is 0.723. The van der Waals surface area contributed by atoms with E-state index < -0.39 is 0 Å². The largest absolute Gasteiger partial charge is 0.379 e. The van der Waals surface area contributed by atoms with Gasteiger partial charge in [-0.3, -0.25) is 9.69 Å². The van der Waals surface area contributed by atoms with Crippen LogP contribution in [0.25, 0.3) is 0 Å². The summed E-state index contributed by atoms with van der Waals surface area (Å²) in [6, 6.07) is 0.348. The fraction of sp³-hybridized carbons (Fsp3) is 0.900. The molecule has 4 atom stereocenters. The second kappa shape index (κ2) is 8.97. The Labute approximate surface area is 167 Å². The number of carbonyl (C=O) groups is 2. The van der Waals surface area contributed by atoms with Crippen LogP contribution in [-0.2, 0) is 14.3 Å². The Morgan fingerprint density at radius 3 is 2.46 bits per heavy atom. The lowest BCUT2D eigenvalue weighted by atomic mass is 9.88. The topological polar surface area (TPSA) is 74.4 Å². The van der Waals surface area contributed by atoms with E-state index in [1.165, 1.54) is 0 Å². The number of fused-ring (bicyclic) bond motifs is 1. The van der Waals surface area contributed by atoms with Crippen LogP contribution >= 0.6 is 0 Å². The highest BCUT2D eigenvalue weighted by atomic mass is 16.5. The van der Waals surface area contributed by atoms with Crippen LogP contribution < -0.4 is 5.32 Å². The van der Waals surface area contributed by atoms with E-state index in [4.69, 9.17) is 9.47 Å². The third-order valence-electron chi connectivity index (χ3n) is 7.07. The van der Waals surface area contributed by atoms with Crippen LogP contribution in [0.2, 0.25) is 0 Å². The van der Waals surface area contributed by atoms with Gasteiger partial charge in [-0.1, -0.05) is 6.92 Å². The summed E-state index contributed by atoms with van der Waals surface area (Å²) in [5.74, 6) is 1.57. The number of hydrogen-bond donors (Lipinski definition) is 1. The molecule has 0 aromatic rings. The minimum Gasteiger partial charge on any atom is -0.379 e. The second-order valence-electron chi connectivity index (χ2n) is 8.64. The Balaban J connectivity index is 1.29. The predicted octanol–water partition coefficient (Wildman–Crippen LogP) is 0.234. The molecule has 158 valence electrons. The van der Waals surface area contributed by atoms with Crippen molar-refractivity contribution >= 4 is 11.9 Å². The molecule has 28 heavy (non-hydrogen) atoms. The lowest BCUT2D eigenvalue weighted by molar-refractivity contribution is -0.129. The lowest BCUT2D eigenvalue weighted by Crippen LogP contribution is -2.47. The first kappa shape index (κ1) is 19.9. The Morgan fingerprint density at radius 2 is 1.75 bits per heavy atom. The van der Waals surface area contributed by atoms with Gasteiger partial charge in [-0.25, -0.2) is 4.79 Å². The highest BCUT2D eigenvalue weighted by Crippen LogP contribution is 2.45. The molecule has 0 spiro atoms. The summed E-state index contributed by atoms with van der Waals surface area (Å²) in [6.07, 6.45) is 1.69. The van der Waals surface area contributed by atoms with E-state index in [1.807, 2.05) is 4.90 Å². The summed E-state index contributed by atoms with van der Waals surface area (Å²) in [5.41, 5.74) is 0. The summed E-state index contributed by atoms with van der Waals surface area (Å²) < 4.78 is 10.7. The highest BCUT2D eigenvalue weighted by molar-refractivity contribution is 5.79. The monoisotopic (exact) mass is 394 g/mol. The molecule has 4 aliphatic rings. The highest BCUT2D eigenvalue weighted by Gasteiger charge is 2.50. The molecule has 0 aromatic heterocycles. The van der Waals surface area contributed by atoms with Crippen LogP contribution in [0.1, 0.15) is 19.8 Å².